The van der Waals surface area contributed by atoms with E-state index in [9.17, 15) is 13.2 Å². The molecule has 1 aliphatic heterocycles. The summed E-state index contributed by atoms with van der Waals surface area (Å²) in [7, 11) is 0. The largest absolute Gasteiger partial charge is 0.403 e. The van der Waals surface area contributed by atoms with E-state index in [4.69, 9.17) is 0 Å². The highest BCUT2D eigenvalue weighted by molar-refractivity contribution is 7.09. The summed E-state index contributed by atoms with van der Waals surface area (Å²) in [6.07, 6.45) is -2.46. The molecule has 1 aromatic heterocycles. The van der Waals surface area contributed by atoms with Gasteiger partial charge in [0.1, 0.15) is 6.04 Å². The van der Waals surface area contributed by atoms with Gasteiger partial charge in [0.05, 0.1) is 10.7 Å². The van der Waals surface area contributed by atoms with Crippen LogP contribution in [0.25, 0.3) is 0 Å². The number of aromatic nitrogens is 1. The molecule has 148 valence electrons. The second kappa shape index (κ2) is 9.55. The van der Waals surface area contributed by atoms with Gasteiger partial charge in [-0.2, -0.15) is 13.2 Å². The molecule has 1 N–H and O–H groups in total. The van der Waals surface area contributed by atoms with Crippen LogP contribution in [0, 0.1) is 0 Å². The molecule has 1 fully saturated rings. The Hall–Kier alpha value is -1.35. The molecule has 0 saturated carbocycles. The average molecular weight is 392 g/mol. The van der Waals surface area contributed by atoms with E-state index in [0.29, 0.717) is 32.7 Å². The van der Waals surface area contributed by atoms with Gasteiger partial charge >= 0.3 is 6.18 Å². The summed E-state index contributed by atoms with van der Waals surface area (Å²) in [5.74, 6) is 0.776. The minimum absolute atomic E-state index is 0.386. The smallest absolute Gasteiger partial charge is 0.357 e. The fraction of sp³-hybridized carbons (Fsp3) is 0.765. The number of rotatable bonds is 6. The number of thiazole rings is 1. The van der Waals surface area contributed by atoms with E-state index in [-0.39, 0.29) is 0 Å². The molecule has 2 heterocycles. The van der Waals surface area contributed by atoms with Crippen molar-refractivity contribution in [3.05, 3.63) is 16.1 Å². The summed E-state index contributed by atoms with van der Waals surface area (Å²) >= 11 is 1.67. The predicted molar refractivity (Wildman–Crippen MR) is 99.8 cm³/mol. The normalized spacial score (nSPS) is 18.2. The van der Waals surface area contributed by atoms with Crippen LogP contribution in [0.2, 0.25) is 0 Å². The topological polar surface area (TPSA) is 43.8 Å². The maximum atomic E-state index is 12.9. The van der Waals surface area contributed by atoms with Crippen molar-refractivity contribution < 1.29 is 13.2 Å². The second-order valence-electron chi connectivity index (χ2n) is 6.31. The molecule has 1 unspecified atom stereocenters. The summed E-state index contributed by atoms with van der Waals surface area (Å²) < 4.78 is 38.6. The van der Waals surface area contributed by atoms with Crippen molar-refractivity contribution in [2.24, 2.45) is 4.99 Å². The van der Waals surface area contributed by atoms with Gasteiger partial charge in [-0.3, -0.25) is 9.89 Å². The third-order valence-corrected chi connectivity index (χ3v) is 5.54. The lowest BCUT2D eigenvalue weighted by atomic mass is 10.2. The van der Waals surface area contributed by atoms with Crippen LogP contribution >= 0.6 is 11.3 Å². The first-order valence-electron chi connectivity index (χ1n) is 9.12. The molecule has 0 radical (unpaired) electrons. The number of aliphatic imine (C=N–C) groups is 1. The van der Waals surface area contributed by atoms with E-state index in [2.05, 4.69) is 27.6 Å². The van der Waals surface area contributed by atoms with E-state index >= 15 is 0 Å². The van der Waals surface area contributed by atoms with Gasteiger partial charge in [-0.25, -0.2) is 4.98 Å². The lowest BCUT2D eigenvalue weighted by Gasteiger charge is -2.39. The third kappa shape index (κ3) is 5.84. The Balaban J connectivity index is 1.89. The second-order valence-corrected chi connectivity index (χ2v) is 7.26. The van der Waals surface area contributed by atoms with Crippen LogP contribution in [0.15, 0.2) is 10.4 Å². The molecular formula is C17H28F3N5S. The molecule has 26 heavy (non-hydrogen) atoms. The highest BCUT2D eigenvalue weighted by Gasteiger charge is 2.41. The van der Waals surface area contributed by atoms with Gasteiger partial charge < -0.3 is 10.2 Å². The maximum absolute atomic E-state index is 12.9. The maximum Gasteiger partial charge on any atom is 0.403 e. The number of nitrogens with one attached hydrogen (secondary N) is 1. The zero-order valence-corrected chi connectivity index (χ0v) is 16.5. The first kappa shape index (κ1) is 21.0. The quantitative estimate of drug-likeness (QED) is 0.598. The summed E-state index contributed by atoms with van der Waals surface area (Å²) in [6, 6.07) is -1.40. The Labute approximate surface area is 157 Å². The Morgan fingerprint density at radius 2 is 2.00 bits per heavy atom. The molecule has 5 nitrogen and oxygen atoms in total. The van der Waals surface area contributed by atoms with E-state index in [1.165, 1.54) is 11.8 Å². The molecule has 1 aromatic rings. The molecule has 2 rings (SSSR count). The van der Waals surface area contributed by atoms with Crippen molar-refractivity contribution in [1.29, 1.82) is 0 Å². The van der Waals surface area contributed by atoms with E-state index < -0.39 is 12.2 Å². The van der Waals surface area contributed by atoms with Crippen LogP contribution in [0.5, 0.6) is 0 Å². The third-order valence-electron chi connectivity index (χ3n) is 4.50. The Kier molecular flexibility index (Phi) is 7.69. The van der Waals surface area contributed by atoms with Crippen LogP contribution in [-0.4, -0.2) is 72.2 Å². The Bertz CT molecular complexity index is 579. The van der Waals surface area contributed by atoms with Crippen LogP contribution in [0.1, 0.15) is 31.5 Å². The van der Waals surface area contributed by atoms with Crippen LogP contribution < -0.4 is 5.32 Å². The molecule has 0 aliphatic carbocycles. The average Bonchev–Trinajstić information content (AvgIpc) is 3.08. The van der Waals surface area contributed by atoms with Crippen molar-refractivity contribution in [3.63, 3.8) is 0 Å². The van der Waals surface area contributed by atoms with Crippen LogP contribution in [-0.2, 0) is 12.8 Å². The number of halogens is 3. The van der Waals surface area contributed by atoms with Gasteiger partial charge in [0.15, 0.2) is 5.96 Å². The summed E-state index contributed by atoms with van der Waals surface area (Å²) in [4.78, 5) is 12.7. The molecule has 0 spiro atoms. The van der Waals surface area contributed by atoms with E-state index in [1.807, 2.05) is 11.8 Å². The fourth-order valence-corrected chi connectivity index (χ4v) is 3.64. The summed E-state index contributed by atoms with van der Waals surface area (Å²) in [5.41, 5.74) is 1.05. The Morgan fingerprint density at radius 3 is 2.54 bits per heavy atom. The molecular weight excluding hydrogens is 363 g/mol. The zero-order valence-electron chi connectivity index (χ0n) is 15.6. The van der Waals surface area contributed by atoms with Gasteiger partial charge in [0, 0.05) is 51.1 Å². The SMILES string of the molecule is CCNC(=NCCc1csc(CC)n1)N1CCN(C(C)C(F)(F)F)CC1. The molecule has 9 heteroatoms. The van der Waals surface area contributed by atoms with Crippen molar-refractivity contribution >= 4 is 17.3 Å². The highest BCUT2D eigenvalue weighted by atomic mass is 32.1. The molecule has 1 atom stereocenters. The lowest BCUT2D eigenvalue weighted by Crippen LogP contribution is -2.56. The van der Waals surface area contributed by atoms with Gasteiger partial charge in [0.2, 0.25) is 0 Å². The van der Waals surface area contributed by atoms with Crippen molar-refractivity contribution in [3.8, 4) is 0 Å². The first-order chi connectivity index (χ1) is 12.3. The number of hydrogen-bond acceptors (Lipinski definition) is 4. The van der Waals surface area contributed by atoms with Crippen LogP contribution in [0.4, 0.5) is 13.2 Å². The van der Waals surface area contributed by atoms with E-state index in [1.54, 1.807) is 11.3 Å². The number of guanidine groups is 1. The van der Waals surface area contributed by atoms with Gasteiger partial charge in [-0.15, -0.1) is 11.3 Å². The lowest BCUT2D eigenvalue weighted by molar-refractivity contribution is -0.181. The summed E-state index contributed by atoms with van der Waals surface area (Å²) in [6.45, 7) is 8.52. The minimum Gasteiger partial charge on any atom is -0.357 e. The molecule has 1 aliphatic rings. The van der Waals surface area contributed by atoms with Gasteiger partial charge in [-0.05, 0) is 20.3 Å². The van der Waals surface area contributed by atoms with Crippen molar-refractivity contribution in [2.45, 2.75) is 45.8 Å². The van der Waals surface area contributed by atoms with E-state index in [0.717, 1.165) is 36.0 Å². The Morgan fingerprint density at radius 1 is 1.31 bits per heavy atom. The molecule has 0 aromatic carbocycles. The van der Waals surface area contributed by atoms with Crippen molar-refractivity contribution in [2.75, 3.05) is 39.3 Å². The van der Waals surface area contributed by atoms with Crippen molar-refractivity contribution in [1.82, 2.24) is 20.1 Å². The number of piperazine rings is 1. The number of aryl methyl sites for hydroxylation is 1. The minimum atomic E-state index is -4.17. The van der Waals surface area contributed by atoms with Gasteiger partial charge in [0.25, 0.3) is 0 Å². The highest BCUT2D eigenvalue weighted by Crippen LogP contribution is 2.25. The predicted octanol–water partition coefficient (Wildman–Crippen LogP) is 2.78. The first-order valence-corrected chi connectivity index (χ1v) is 10.00. The number of alkyl halides is 3. The fourth-order valence-electron chi connectivity index (χ4n) is 2.86. The zero-order chi connectivity index (χ0) is 19.2. The monoisotopic (exact) mass is 391 g/mol. The number of hydrogen-bond donors (Lipinski definition) is 1. The molecule has 0 amide bonds. The molecule has 0 bridgehead atoms. The van der Waals surface area contributed by atoms with Crippen LogP contribution in [0.3, 0.4) is 0 Å². The number of nitrogens with zero attached hydrogens (tertiary/aromatic N) is 4. The summed E-state index contributed by atoms with van der Waals surface area (Å²) in [5, 5.41) is 6.45. The molecule has 1 saturated heterocycles. The standard InChI is InChI=1S/C17H28F3N5S/c1-4-15-23-14(12-26-15)6-7-22-16(21-5-2)25-10-8-24(9-11-25)13(3)17(18,19)20/h12-13H,4-11H2,1-3H3,(H,21,22). The van der Waals surface area contributed by atoms with Gasteiger partial charge in [-0.1, -0.05) is 6.92 Å².